The molecule has 1 atom stereocenters. The predicted octanol–water partition coefficient (Wildman–Crippen LogP) is 3.55. The van der Waals surface area contributed by atoms with Crippen molar-refractivity contribution in [1.29, 1.82) is 0 Å². The number of hydrogen-bond donors (Lipinski definition) is 1. The molecule has 1 saturated carbocycles. The lowest BCUT2D eigenvalue weighted by Crippen LogP contribution is -2.40. The minimum absolute atomic E-state index is 0.227. The fourth-order valence-corrected chi connectivity index (χ4v) is 3.32. The van der Waals surface area contributed by atoms with Gasteiger partial charge in [0.05, 0.1) is 6.20 Å². The van der Waals surface area contributed by atoms with E-state index in [1.54, 1.807) is 0 Å². The lowest BCUT2D eigenvalue weighted by molar-refractivity contribution is 0.274. The molecule has 2 rings (SSSR count). The Morgan fingerprint density at radius 1 is 1.35 bits per heavy atom. The molecule has 1 heterocycles. The van der Waals surface area contributed by atoms with Crippen molar-refractivity contribution in [1.82, 2.24) is 15.1 Å². The SMILES string of the molecule is Cn1cc(CCC(CNC(C)(C)C)C2CCCC2)cn1. The van der Waals surface area contributed by atoms with E-state index in [0.29, 0.717) is 0 Å². The summed E-state index contributed by atoms with van der Waals surface area (Å²) < 4.78 is 1.91. The number of hydrogen-bond acceptors (Lipinski definition) is 2. The molecule has 0 aromatic carbocycles. The van der Waals surface area contributed by atoms with Crippen molar-refractivity contribution in [2.75, 3.05) is 6.54 Å². The van der Waals surface area contributed by atoms with Gasteiger partial charge in [-0.25, -0.2) is 0 Å². The van der Waals surface area contributed by atoms with E-state index in [-0.39, 0.29) is 5.54 Å². The summed E-state index contributed by atoms with van der Waals surface area (Å²) in [4.78, 5) is 0. The highest BCUT2D eigenvalue weighted by Gasteiger charge is 2.25. The first kappa shape index (κ1) is 15.6. The molecule has 1 fully saturated rings. The molecule has 0 spiro atoms. The molecule has 0 amide bonds. The predicted molar refractivity (Wildman–Crippen MR) is 84.7 cm³/mol. The van der Waals surface area contributed by atoms with Crippen LogP contribution < -0.4 is 5.32 Å². The average Bonchev–Trinajstić information content (AvgIpc) is 2.99. The first-order chi connectivity index (χ1) is 9.44. The molecular formula is C17H31N3. The topological polar surface area (TPSA) is 29.9 Å². The Balaban J connectivity index is 1.88. The van der Waals surface area contributed by atoms with E-state index in [1.165, 1.54) is 44.1 Å². The number of aromatic nitrogens is 2. The highest BCUT2D eigenvalue weighted by atomic mass is 15.2. The molecule has 0 aliphatic heterocycles. The van der Waals surface area contributed by atoms with Crippen molar-refractivity contribution < 1.29 is 0 Å². The number of aryl methyl sites for hydroxylation is 2. The Labute approximate surface area is 124 Å². The second-order valence-electron chi connectivity index (χ2n) is 7.50. The van der Waals surface area contributed by atoms with Crippen LogP contribution in [0.3, 0.4) is 0 Å². The summed E-state index contributed by atoms with van der Waals surface area (Å²) in [6.07, 6.45) is 12.4. The highest BCUT2D eigenvalue weighted by molar-refractivity contribution is 5.04. The lowest BCUT2D eigenvalue weighted by atomic mass is 9.85. The van der Waals surface area contributed by atoms with Crippen molar-refractivity contribution >= 4 is 0 Å². The van der Waals surface area contributed by atoms with Gasteiger partial charge in [-0.2, -0.15) is 5.10 Å². The molecule has 1 aromatic heterocycles. The van der Waals surface area contributed by atoms with Crippen molar-refractivity contribution in [2.24, 2.45) is 18.9 Å². The third-order valence-corrected chi connectivity index (χ3v) is 4.52. The Morgan fingerprint density at radius 2 is 2.05 bits per heavy atom. The maximum absolute atomic E-state index is 4.28. The van der Waals surface area contributed by atoms with Crippen LogP contribution in [0.15, 0.2) is 12.4 Å². The molecule has 20 heavy (non-hydrogen) atoms. The summed E-state index contributed by atoms with van der Waals surface area (Å²) in [7, 11) is 2.00. The van der Waals surface area contributed by atoms with E-state index in [4.69, 9.17) is 0 Å². The molecule has 3 heteroatoms. The van der Waals surface area contributed by atoms with Crippen molar-refractivity contribution in [3.05, 3.63) is 18.0 Å². The number of nitrogens with zero attached hydrogens (tertiary/aromatic N) is 2. The van der Waals surface area contributed by atoms with Gasteiger partial charge in [-0.05, 0) is 57.6 Å². The molecular weight excluding hydrogens is 246 g/mol. The third-order valence-electron chi connectivity index (χ3n) is 4.52. The second-order valence-corrected chi connectivity index (χ2v) is 7.50. The van der Waals surface area contributed by atoms with Crippen LogP contribution in [0.25, 0.3) is 0 Å². The van der Waals surface area contributed by atoms with Gasteiger partial charge in [-0.1, -0.05) is 25.7 Å². The summed E-state index contributed by atoms with van der Waals surface area (Å²) >= 11 is 0. The Hall–Kier alpha value is -0.830. The fraction of sp³-hybridized carbons (Fsp3) is 0.824. The van der Waals surface area contributed by atoms with E-state index in [2.05, 4.69) is 37.4 Å². The molecule has 114 valence electrons. The van der Waals surface area contributed by atoms with Crippen molar-refractivity contribution in [3.63, 3.8) is 0 Å². The van der Waals surface area contributed by atoms with Crippen LogP contribution in [0.1, 0.15) is 58.4 Å². The first-order valence-electron chi connectivity index (χ1n) is 8.16. The first-order valence-corrected chi connectivity index (χ1v) is 8.16. The number of nitrogens with one attached hydrogen (secondary N) is 1. The molecule has 0 saturated heterocycles. The number of rotatable bonds is 6. The van der Waals surface area contributed by atoms with Crippen LogP contribution in [0.4, 0.5) is 0 Å². The molecule has 1 N–H and O–H groups in total. The largest absolute Gasteiger partial charge is 0.312 e. The van der Waals surface area contributed by atoms with E-state index in [9.17, 15) is 0 Å². The Kier molecular flexibility index (Phi) is 5.25. The third kappa shape index (κ3) is 4.93. The lowest BCUT2D eigenvalue weighted by Gasteiger charge is -2.29. The quantitative estimate of drug-likeness (QED) is 0.862. The van der Waals surface area contributed by atoms with Gasteiger partial charge in [0.25, 0.3) is 0 Å². The molecule has 0 bridgehead atoms. The molecule has 1 aromatic rings. The minimum Gasteiger partial charge on any atom is -0.312 e. The molecule has 1 aliphatic rings. The van der Waals surface area contributed by atoms with Gasteiger partial charge in [0.2, 0.25) is 0 Å². The zero-order chi connectivity index (χ0) is 14.6. The summed E-state index contributed by atoms with van der Waals surface area (Å²) in [6, 6.07) is 0. The van der Waals surface area contributed by atoms with E-state index < -0.39 is 0 Å². The van der Waals surface area contributed by atoms with Gasteiger partial charge in [0, 0.05) is 18.8 Å². The average molecular weight is 277 g/mol. The van der Waals surface area contributed by atoms with Crippen LogP contribution in [-0.4, -0.2) is 21.9 Å². The van der Waals surface area contributed by atoms with Crippen LogP contribution >= 0.6 is 0 Å². The van der Waals surface area contributed by atoms with Crippen LogP contribution in [-0.2, 0) is 13.5 Å². The smallest absolute Gasteiger partial charge is 0.0521 e. The normalized spacial score (nSPS) is 18.6. The monoisotopic (exact) mass is 277 g/mol. The van der Waals surface area contributed by atoms with Crippen molar-refractivity contribution in [3.8, 4) is 0 Å². The van der Waals surface area contributed by atoms with Gasteiger partial charge in [-0.15, -0.1) is 0 Å². The molecule has 3 nitrogen and oxygen atoms in total. The highest BCUT2D eigenvalue weighted by Crippen LogP contribution is 2.33. The van der Waals surface area contributed by atoms with Gasteiger partial charge in [0.1, 0.15) is 0 Å². The summed E-state index contributed by atoms with van der Waals surface area (Å²) in [5, 5.41) is 8.00. The maximum Gasteiger partial charge on any atom is 0.0521 e. The summed E-state index contributed by atoms with van der Waals surface area (Å²) in [5.41, 5.74) is 1.61. The maximum atomic E-state index is 4.28. The zero-order valence-corrected chi connectivity index (χ0v) is 13.7. The Bertz CT molecular complexity index is 397. The standard InChI is InChI=1S/C17H31N3/c1-17(2,3)18-12-16(15-7-5-6-8-15)10-9-14-11-19-20(4)13-14/h11,13,15-16,18H,5-10,12H2,1-4H3. The van der Waals surface area contributed by atoms with Crippen LogP contribution in [0, 0.1) is 11.8 Å². The Morgan fingerprint density at radius 3 is 2.60 bits per heavy atom. The fourth-order valence-electron chi connectivity index (χ4n) is 3.32. The molecule has 1 aliphatic carbocycles. The van der Waals surface area contributed by atoms with E-state index in [0.717, 1.165) is 18.4 Å². The van der Waals surface area contributed by atoms with E-state index in [1.807, 2.05) is 17.9 Å². The van der Waals surface area contributed by atoms with Gasteiger partial charge in [-0.3, -0.25) is 4.68 Å². The molecule has 0 radical (unpaired) electrons. The van der Waals surface area contributed by atoms with Gasteiger partial charge >= 0.3 is 0 Å². The van der Waals surface area contributed by atoms with E-state index >= 15 is 0 Å². The van der Waals surface area contributed by atoms with Crippen molar-refractivity contribution in [2.45, 2.75) is 64.8 Å². The molecule has 1 unspecified atom stereocenters. The van der Waals surface area contributed by atoms with Crippen LogP contribution in [0.2, 0.25) is 0 Å². The summed E-state index contributed by atoms with van der Waals surface area (Å²) in [6.45, 7) is 7.95. The minimum atomic E-state index is 0.227. The van der Waals surface area contributed by atoms with Gasteiger partial charge in [0.15, 0.2) is 0 Å². The van der Waals surface area contributed by atoms with Gasteiger partial charge < -0.3 is 5.32 Å². The summed E-state index contributed by atoms with van der Waals surface area (Å²) in [5.74, 6) is 1.75. The zero-order valence-electron chi connectivity index (χ0n) is 13.7. The van der Waals surface area contributed by atoms with Crippen LogP contribution in [0.5, 0.6) is 0 Å². The second kappa shape index (κ2) is 6.75.